The first kappa shape index (κ1) is 24.5. The molecule has 0 aromatic heterocycles. The Morgan fingerprint density at radius 3 is 1.41 bits per heavy atom. The molecule has 0 aliphatic carbocycles. The summed E-state index contributed by atoms with van der Waals surface area (Å²) >= 11 is 0. The maximum atomic E-state index is 6.57. The fourth-order valence-electron chi connectivity index (χ4n) is 3.41. The fourth-order valence-corrected chi connectivity index (χ4v) is 11.9. The Morgan fingerprint density at radius 2 is 1.04 bits per heavy atom. The van der Waals surface area contributed by atoms with Crippen LogP contribution in [0.4, 0.5) is 0 Å². The van der Waals surface area contributed by atoms with Crippen molar-refractivity contribution in [3.05, 3.63) is 30.3 Å². The van der Waals surface area contributed by atoms with Crippen molar-refractivity contribution in [3.8, 4) is 0 Å². The van der Waals surface area contributed by atoms with Gasteiger partial charge in [-0.15, -0.1) is 0 Å². The number of hydrogen-bond acceptors (Lipinski definition) is 4. The highest BCUT2D eigenvalue weighted by Crippen LogP contribution is 2.28. The normalized spacial score (nSPS) is 13.4. The van der Waals surface area contributed by atoms with Crippen LogP contribution in [0.2, 0.25) is 18.6 Å². The molecule has 1 rings (SSSR count). The smallest absolute Gasteiger partial charge is 0.372 e. The molecule has 156 valence electrons. The predicted octanol–water partition coefficient (Wildman–Crippen LogP) is 5.11. The summed E-state index contributed by atoms with van der Waals surface area (Å²) < 4.78 is 25.8. The van der Waals surface area contributed by atoms with Crippen molar-refractivity contribution in [3.63, 3.8) is 0 Å². The Labute approximate surface area is 169 Å². The van der Waals surface area contributed by atoms with Crippen molar-refractivity contribution in [1.29, 1.82) is 0 Å². The van der Waals surface area contributed by atoms with Gasteiger partial charge < -0.3 is 17.7 Å². The van der Waals surface area contributed by atoms with Crippen LogP contribution in [0.3, 0.4) is 0 Å². The van der Waals surface area contributed by atoms with Crippen LogP contribution in [-0.4, -0.2) is 41.5 Å². The fraction of sp³-hybridized carbons (Fsp3) is 0.714. The molecule has 1 aromatic carbocycles. The summed E-state index contributed by atoms with van der Waals surface area (Å²) in [7, 11) is -4.98. The first-order chi connectivity index (χ1) is 12.5. The minimum absolute atomic E-state index is 0.0978. The molecule has 0 fully saturated rings. The van der Waals surface area contributed by atoms with Crippen molar-refractivity contribution in [2.75, 3.05) is 0 Å². The monoisotopic (exact) mass is 412 g/mol. The van der Waals surface area contributed by atoms with E-state index in [0.717, 1.165) is 12.1 Å². The summed E-state index contributed by atoms with van der Waals surface area (Å²) in [5.74, 6) is 0. The predicted molar refractivity (Wildman–Crippen MR) is 118 cm³/mol. The van der Waals surface area contributed by atoms with Gasteiger partial charge in [0.05, 0.1) is 0 Å². The average molecular weight is 413 g/mol. The average Bonchev–Trinajstić information content (AvgIpc) is 2.51. The van der Waals surface area contributed by atoms with Gasteiger partial charge >= 0.3 is 17.1 Å². The number of hydrogen-bond donors (Lipinski definition) is 0. The molecule has 0 unspecified atom stereocenters. The maximum absolute atomic E-state index is 6.57. The van der Waals surface area contributed by atoms with Gasteiger partial charge in [0.2, 0.25) is 0 Å². The lowest BCUT2D eigenvalue weighted by Gasteiger charge is -2.38. The largest absolute Gasteiger partial charge is 0.392 e. The van der Waals surface area contributed by atoms with E-state index < -0.39 is 17.1 Å². The van der Waals surface area contributed by atoms with Crippen LogP contribution < -0.4 is 5.19 Å². The van der Waals surface area contributed by atoms with Crippen LogP contribution >= 0.6 is 0 Å². The Balaban J connectivity index is 3.20. The highest BCUT2D eigenvalue weighted by molar-refractivity contribution is 6.82. The zero-order valence-corrected chi connectivity index (χ0v) is 20.7. The topological polar surface area (TPSA) is 36.9 Å². The van der Waals surface area contributed by atoms with E-state index in [4.69, 9.17) is 17.7 Å². The summed E-state index contributed by atoms with van der Waals surface area (Å²) in [6, 6.07) is 12.1. The molecule has 0 saturated carbocycles. The third kappa shape index (κ3) is 8.58. The van der Waals surface area contributed by atoms with E-state index in [9.17, 15) is 0 Å². The molecule has 1 aromatic rings. The minimum atomic E-state index is -2.63. The molecular formula is C21H40O4Si2. The molecule has 0 aliphatic rings. The lowest BCUT2D eigenvalue weighted by molar-refractivity contribution is 0.102. The molecule has 27 heavy (non-hydrogen) atoms. The second kappa shape index (κ2) is 10.9. The van der Waals surface area contributed by atoms with Gasteiger partial charge in [0.1, 0.15) is 0 Å². The molecule has 0 saturated heterocycles. The third-order valence-electron chi connectivity index (χ3n) is 3.94. The molecule has 0 heterocycles. The molecular weight excluding hydrogens is 372 g/mol. The standard InChI is InChI=1S/C21H40O4Si2/c1-17(2)22-26(9,23-18(3)4)15-16-27(24-19(5)6,25-20(7)8)21-13-11-10-12-14-21/h10-14,17-20H,15-16H2,1-9H3. The summed E-state index contributed by atoms with van der Waals surface area (Å²) in [6.07, 6.45) is 0.483. The van der Waals surface area contributed by atoms with Gasteiger partial charge in [-0.1, -0.05) is 30.3 Å². The SMILES string of the molecule is CC(C)O[Si](C)(CC[Si](OC(C)C)(OC(C)C)c1ccccc1)OC(C)C. The minimum Gasteiger partial charge on any atom is -0.392 e. The van der Waals surface area contributed by atoms with Gasteiger partial charge in [0.25, 0.3) is 0 Å². The lowest BCUT2D eigenvalue weighted by Crippen LogP contribution is -2.58. The molecule has 4 nitrogen and oxygen atoms in total. The zero-order valence-electron chi connectivity index (χ0n) is 18.7. The quantitative estimate of drug-likeness (QED) is 0.447. The molecule has 0 N–H and O–H groups in total. The Morgan fingerprint density at radius 1 is 0.630 bits per heavy atom. The molecule has 0 spiro atoms. The van der Waals surface area contributed by atoms with Crippen molar-refractivity contribution in [2.24, 2.45) is 0 Å². The van der Waals surface area contributed by atoms with Gasteiger partial charge in [0.15, 0.2) is 0 Å². The van der Waals surface area contributed by atoms with Crippen molar-refractivity contribution < 1.29 is 17.7 Å². The van der Waals surface area contributed by atoms with Crippen molar-refractivity contribution >= 4 is 22.3 Å². The van der Waals surface area contributed by atoms with E-state index in [0.29, 0.717) is 0 Å². The van der Waals surface area contributed by atoms with Crippen molar-refractivity contribution in [1.82, 2.24) is 0 Å². The van der Waals surface area contributed by atoms with E-state index >= 15 is 0 Å². The molecule has 0 radical (unpaired) electrons. The van der Waals surface area contributed by atoms with Gasteiger partial charge in [-0.25, -0.2) is 0 Å². The van der Waals surface area contributed by atoms with Crippen molar-refractivity contribution in [2.45, 2.75) is 98.4 Å². The summed E-state index contributed by atoms with van der Waals surface area (Å²) in [5, 5.41) is 1.18. The van der Waals surface area contributed by atoms with E-state index in [1.54, 1.807) is 0 Å². The molecule has 0 amide bonds. The second-order valence-electron chi connectivity index (χ2n) is 8.42. The van der Waals surface area contributed by atoms with E-state index in [2.05, 4.69) is 86.2 Å². The van der Waals surface area contributed by atoms with Crippen LogP contribution in [0.15, 0.2) is 30.3 Å². The first-order valence-corrected chi connectivity index (χ1v) is 14.8. The highest BCUT2D eigenvalue weighted by atomic mass is 28.4. The first-order valence-electron chi connectivity index (χ1n) is 10.2. The van der Waals surface area contributed by atoms with E-state index in [1.165, 1.54) is 5.19 Å². The molecule has 0 bridgehead atoms. The van der Waals surface area contributed by atoms with Gasteiger partial charge in [-0.2, -0.15) is 0 Å². The van der Waals surface area contributed by atoms with E-state index in [1.807, 2.05) is 6.07 Å². The molecule has 6 heteroatoms. The van der Waals surface area contributed by atoms with Crippen LogP contribution in [0.1, 0.15) is 55.4 Å². The van der Waals surface area contributed by atoms with E-state index in [-0.39, 0.29) is 24.4 Å². The summed E-state index contributed by atoms with van der Waals surface area (Å²) in [5.41, 5.74) is 0. The lowest BCUT2D eigenvalue weighted by atomic mass is 10.4. The van der Waals surface area contributed by atoms with Crippen LogP contribution in [0.25, 0.3) is 0 Å². The molecule has 0 atom stereocenters. The van der Waals surface area contributed by atoms with Gasteiger partial charge in [-0.3, -0.25) is 0 Å². The van der Waals surface area contributed by atoms with Crippen LogP contribution in [0.5, 0.6) is 0 Å². The van der Waals surface area contributed by atoms with Gasteiger partial charge in [-0.05, 0) is 79.2 Å². The highest BCUT2D eigenvalue weighted by Gasteiger charge is 2.46. The Kier molecular flexibility index (Phi) is 9.89. The summed E-state index contributed by atoms with van der Waals surface area (Å²) in [6.45, 7) is 18.8. The van der Waals surface area contributed by atoms with Crippen LogP contribution in [-0.2, 0) is 17.7 Å². The maximum Gasteiger partial charge on any atom is 0.372 e. The number of benzene rings is 1. The zero-order chi connectivity index (χ0) is 20.7. The summed E-state index contributed by atoms with van der Waals surface area (Å²) in [4.78, 5) is 0. The van der Waals surface area contributed by atoms with Gasteiger partial charge in [0, 0.05) is 24.4 Å². The Bertz CT molecular complexity index is 512. The van der Waals surface area contributed by atoms with Crippen LogP contribution in [0, 0.1) is 0 Å². The number of rotatable bonds is 12. The Hall–Kier alpha value is -0.506. The molecule has 0 aliphatic heterocycles. The third-order valence-corrected chi connectivity index (χ3v) is 11.4. The second-order valence-corrected chi connectivity index (χ2v) is 14.7.